The lowest BCUT2D eigenvalue weighted by Gasteiger charge is -2.13. The van der Waals surface area contributed by atoms with Gasteiger partial charge in [0.1, 0.15) is 27.5 Å². The van der Waals surface area contributed by atoms with Crippen LogP contribution in [-0.2, 0) is 0 Å². The quantitative estimate of drug-likeness (QED) is 0.235. The van der Waals surface area contributed by atoms with Gasteiger partial charge < -0.3 is 9.47 Å². The predicted molar refractivity (Wildman–Crippen MR) is 138 cm³/mol. The molecule has 0 radical (unpaired) electrons. The van der Waals surface area contributed by atoms with Crippen molar-refractivity contribution in [3.05, 3.63) is 132 Å². The van der Waals surface area contributed by atoms with Crippen molar-refractivity contribution in [2.75, 3.05) is 0 Å². The van der Waals surface area contributed by atoms with Gasteiger partial charge in [0.15, 0.2) is 0 Å². The summed E-state index contributed by atoms with van der Waals surface area (Å²) in [5.41, 5.74) is 4.51. The summed E-state index contributed by atoms with van der Waals surface area (Å²) < 4.78 is 13.2. The van der Waals surface area contributed by atoms with Crippen LogP contribution in [0.3, 0.4) is 0 Å². The van der Waals surface area contributed by atoms with Crippen molar-refractivity contribution in [3.63, 3.8) is 0 Å². The van der Waals surface area contributed by atoms with Gasteiger partial charge in [-0.3, -0.25) is 0 Å². The van der Waals surface area contributed by atoms with Crippen molar-refractivity contribution in [2.24, 2.45) is 0 Å². The highest BCUT2D eigenvalue weighted by molar-refractivity contribution is 9.10. The molecule has 2 nitrogen and oxygen atoms in total. The number of hydrogen-bond acceptors (Lipinski definition) is 2. The molecule has 3 heteroatoms. The molecule has 0 amide bonds. The summed E-state index contributed by atoms with van der Waals surface area (Å²) in [4.78, 5) is 0. The standard InChI is InChI=1S/C30H21BrO2/c31-30-28(32-26-16-7-14-24(20-26)22-10-3-1-4-11-22)18-9-19-29(30)33-27-17-8-15-25(21-27)23-12-5-2-6-13-23/h1-21H. The minimum absolute atomic E-state index is 0.692. The van der Waals surface area contributed by atoms with E-state index in [2.05, 4.69) is 52.3 Å². The Morgan fingerprint density at radius 3 is 1.24 bits per heavy atom. The van der Waals surface area contributed by atoms with Crippen LogP contribution in [0.2, 0.25) is 0 Å². The van der Waals surface area contributed by atoms with Crippen molar-refractivity contribution < 1.29 is 9.47 Å². The van der Waals surface area contributed by atoms with E-state index in [1.165, 1.54) is 0 Å². The SMILES string of the molecule is Brc1c(Oc2cccc(-c3ccccc3)c2)cccc1Oc1cccc(-c2ccccc2)c1. The molecule has 0 saturated heterocycles. The Balaban J connectivity index is 1.38. The van der Waals surface area contributed by atoms with Crippen LogP contribution in [0, 0.1) is 0 Å². The first-order chi connectivity index (χ1) is 16.3. The summed E-state index contributed by atoms with van der Waals surface area (Å²) in [6, 6.07) is 42.5. The van der Waals surface area contributed by atoms with Gasteiger partial charge in [-0.15, -0.1) is 0 Å². The lowest BCUT2D eigenvalue weighted by Crippen LogP contribution is -1.90. The molecule has 0 unspecified atom stereocenters. The van der Waals surface area contributed by atoms with Crippen molar-refractivity contribution in [2.45, 2.75) is 0 Å². The minimum atomic E-state index is 0.692. The molecule has 0 spiro atoms. The van der Waals surface area contributed by atoms with E-state index in [-0.39, 0.29) is 0 Å². The third-order valence-corrected chi connectivity index (χ3v) is 6.05. The molecule has 0 aromatic heterocycles. The van der Waals surface area contributed by atoms with Crippen LogP contribution in [0.1, 0.15) is 0 Å². The monoisotopic (exact) mass is 492 g/mol. The van der Waals surface area contributed by atoms with E-state index >= 15 is 0 Å². The van der Waals surface area contributed by atoms with Gasteiger partial charge in [0.2, 0.25) is 0 Å². The number of ether oxygens (including phenoxy) is 2. The molecular formula is C30H21BrO2. The molecule has 0 fully saturated rings. The van der Waals surface area contributed by atoms with Crippen LogP contribution in [0.5, 0.6) is 23.0 Å². The van der Waals surface area contributed by atoms with Gasteiger partial charge >= 0.3 is 0 Å². The van der Waals surface area contributed by atoms with E-state index in [1.807, 2.05) is 91.0 Å². The van der Waals surface area contributed by atoms with Crippen molar-refractivity contribution in [1.29, 1.82) is 0 Å². The fraction of sp³-hybridized carbons (Fsp3) is 0. The topological polar surface area (TPSA) is 18.5 Å². The maximum atomic E-state index is 6.22. The summed E-state index contributed by atoms with van der Waals surface area (Å²) in [5.74, 6) is 2.91. The molecule has 0 atom stereocenters. The third-order valence-electron chi connectivity index (χ3n) is 5.27. The Labute approximate surface area is 202 Å². The van der Waals surface area contributed by atoms with Gasteiger partial charge in [0, 0.05) is 0 Å². The summed E-state index contributed by atoms with van der Waals surface area (Å²) in [5, 5.41) is 0. The van der Waals surface area contributed by atoms with Gasteiger partial charge in [0.25, 0.3) is 0 Å². The second-order valence-electron chi connectivity index (χ2n) is 7.56. The average Bonchev–Trinajstić information content (AvgIpc) is 2.88. The second kappa shape index (κ2) is 9.76. The normalized spacial score (nSPS) is 10.6. The van der Waals surface area contributed by atoms with E-state index in [0.29, 0.717) is 11.5 Å². The number of rotatable bonds is 6. The van der Waals surface area contributed by atoms with Crippen molar-refractivity contribution >= 4 is 15.9 Å². The van der Waals surface area contributed by atoms with Crippen LogP contribution >= 0.6 is 15.9 Å². The molecule has 5 aromatic rings. The molecular weight excluding hydrogens is 472 g/mol. The Hall–Kier alpha value is -3.82. The molecule has 5 aromatic carbocycles. The van der Waals surface area contributed by atoms with Crippen molar-refractivity contribution in [3.8, 4) is 45.3 Å². The van der Waals surface area contributed by atoms with Gasteiger partial charge in [-0.25, -0.2) is 0 Å². The first-order valence-electron chi connectivity index (χ1n) is 10.7. The van der Waals surface area contributed by atoms with E-state index in [4.69, 9.17) is 9.47 Å². The molecule has 0 saturated carbocycles. The van der Waals surface area contributed by atoms with Crippen LogP contribution in [0.4, 0.5) is 0 Å². The zero-order valence-electron chi connectivity index (χ0n) is 17.8. The van der Waals surface area contributed by atoms with E-state index in [0.717, 1.165) is 38.2 Å². The molecule has 0 aliphatic rings. The summed E-state index contributed by atoms with van der Waals surface area (Å²) >= 11 is 3.67. The van der Waals surface area contributed by atoms with Gasteiger partial charge in [-0.2, -0.15) is 0 Å². The van der Waals surface area contributed by atoms with Crippen LogP contribution < -0.4 is 9.47 Å². The fourth-order valence-corrected chi connectivity index (χ4v) is 4.07. The van der Waals surface area contributed by atoms with Crippen LogP contribution in [0.15, 0.2) is 132 Å². The molecule has 5 rings (SSSR count). The van der Waals surface area contributed by atoms with E-state index < -0.39 is 0 Å². The van der Waals surface area contributed by atoms with Gasteiger partial charge in [-0.1, -0.05) is 91.0 Å². The van der Waals surface area contributed by atoms with Crippen LogP contribution in [-0.4, -0.2) is 0 Å². The number of benzene rings is 5. The highest BCUT2D eigenvalue weighted by Crippen LogP contribution is 2.40. The molecule has 0 aliphatic carbocycles. The highest BCUT2D eigenvalue weighted by atomic mass is 79.9. The molecule has 33 heavy (non-hydrogen) atoms. The number of halogens is 1. The lowest BCUT2D eigenvalue weighted by atomic mass is 10.1. The van der Waals surface area contributed by atoms with E-state index in [9.17, 15) is 0 Å². The first-order valence-corrected chi connectivity index (χ1v) is 11.5. The lowest BCUT2D eigenvalue weighted by molar-refractivity contribution is 0.455. The Morgan fingerprint density at radius 2 is 0.788 bits per heavy atom. The molecule has 0 aliphatic heterocycles. The maximum absolute atomic E-state index is 6.22. The minimum Gasteiger partial charge on any atom is -0.456 e. The second-order valence-corrected chi connectivity index (χ2v) is 8.35. The van der Waals surface area contributed by atoms with Gasteiger partial charge in [-0.05, 0) is 74.6 Å². The zero-order chi connectivity index (χ0) is 22.5. The highest BCUT2D eigenvalue weighted by Gasteiger charge is 2.11. The third kappa shape index (κ3) is 5.00. The molecule has 0 heterocycles. The fourth-order valence-electron chi connectivity index (χ4n) is 3.64. The Bertz CT molecular complexity index is 1260. The first kappa shape index (κ1) is 21.0. The van der Waals surface area contributed by atoms with Gasteiger partial charge in [0.05, 0.1) is 0 Å². The molecule has 0 bridgehead atoms. The summed E-state index contributed by atoms with van der Waals surface area (Å²) in [7, 11) is 0. The average molecular weight is 493 g/mol. The van der Waals surface area contributed by atoms with E-state index in [1.54, 1.807) is 0 Å². The zero-order valence-corrected chi connectivity index (χ0v) is 19.4. The molecule has 0 N–H and O–H groups in total. The predicted octanol–water partition coefficient (Wildman–Crippen LogP) is 9.37. The Morgan fingerprint density at radius 1 is 0.394 bits per heavy atom. The largest absolute Gasteiger partial charge is 0.456 e. The number of hydrogen-bond donors (Lipinski definition) is 0. The smallest absolute Gasteiger partial charge is 0.145 e. The maximum Gasteiger partial charge on any atom is 0.145 e. The summed E-state index contributed by atoms with van der Waals surface area (Å²) in [6.45, 7) is 0. The Kier molecular flexibility index (Phi) is 6.23. The summed E-state index contributed by atoms with van der Waals surface area (Å²) in [6.07, 6.45) is 0. The molecule has 160 valence electrons. The van der Waals surface area contributed by atoms with Crippen molar-refractivity contribution in [1.82, 2.24) is 0 Å². The van der Waals surface area contributed by atoms with Crippen LogP contribution in [0.25, 0.3) is 22.3 Å².